The van der Waals surface area contributed by atoms with Gasteiger partial charge in [-0.3, -0.25) is 0 Å². The van der Waals surface area contributed by atoms with Crippen molar-refractivity contribution in [3.63, 3.8) is 0 Å². The second-order valence-electron chi connectivity index (χ2n) is 5.78. The summed E-state index contributed by atoms with van der Waals surface area (Å²) in [5, 5.41) is 0. The van der Waals surface area contributed by atoms with Gasteiger partial charge in [0, 0.05) is 0 Å². The quantitative estimate of drug-likeness (QED) is 0.520. The van der Waals surface area contributed by atoms with Crippen molar-refractivity contribution in [2.24, 2.45) is 0 Å². The van der Waals surface area contributed by atoms with Gasteiger partial charge in [-0.05, 0) is 0 Å². The fourth-order valence-corrected chi connectivity index (χ4v) is 12.3. The van der Waals surface area contributed by atoms with Crippen molar-refractivity contribution in [2.45, 2.75) is 77.9 Å². The van der Waals surface area contributed by atoms with E-state index in [0.717, 1.165) is 6.04 Å². The minimum atomic E-state index is -1.06. The van der Waals surface area contributed by atoms with Gasteiger partial charge in [-0.1, -0.05) is 0 Å². The second-order valence-corrected chi connectivity index (χ2v) is 15.7. The molecule has 0 heterocycles. The van der Waals surface area contributed by atoms with Gasteiger partial charge in [0.2, 0.25) is 0 Å². The summed E-state index contributed by atoms with van der Waals surface area (Å²) in [5.74, 6) is 0. The van der Waals surface area contributed by atoms with Crippen LogP contribution in [0.15, 0.2) is 0 Å². The van der Waals surface area contributed by atoms with E-state index in [2.05, 4.69) is 39.8 Å². The molecule has 0 saturated carbocycles. The molecular weight excluding hydrogens is 309 g/mol. The third-order valence-corrected chi connectivity index (χ3v) is 15.3. The summed E-state index contributed by atoms with van der Waals surface area (Å²) in [5.41, 5.74) is 0. The molecule has 102 valence electrons. The van der Waals surface area contributed by atoms with Crippen LogP contribution in [0, 0.1) is 0 Å². The van der Waals surface area contributed by atoms with Crippen molar-refractivity contribution in [3.8, 4) is 0 Å². The topological polar surface area (TPSA) is 3.24 Å². The SMILES string of the molecule is CCCC(CC[CH2][In]([CH2]CC)[CH2]CC)N(C)C. The molecule has 17 heavy (non-hydrogen) atoms. The van der Waals surface area contributed by atoms with Crippen LogP contribution in [-0.4, -0.2) is 46.5 Å². The Balaban J connectivity index is 3.82. The number of rotatable bonds is 11. The fourth-order valence-electron chi connectivity index (χ4n) is 2.89. The molecule has 0 rings (SSSR count). The van der Waals surface area contributed by atoms with Crippen LogP contribution in [0.25, 0.3) is 0 Å². The van der Waals surface area contributed by atoms with Crippen molar-refractivity contribution in [2.75, 3.05) is 14.1 Å². The van der Waals surface area contributed by atoms with E-state index in [1.54, 1.807) is 12.5 Å². The van der Waals surface area contributed by atoms with E-state index in [1.807, 2.05) is 0 Å². The summed E-state index contributed by atoms with van der Waals surface area (Å²) < 4.78 is 4.96. The van der Waals surface area contributed by atoms with E-state index in [-0.39, 0.29) is 0 Å². The summed E-state index contributed by atoms with van der Waals surface area (Å²) in [6.45, 7) is 7.06. The molecule has 0 aromatic heterocycles. The van der Waals surface area contributed by atoms with Crippen LogP contribution < -0.4 is 0 Å². The molecule has 0 spiro atoms. The summed E-state index contributed by atoms with van der Waals surface area (Å²) in [6.07, 6.45) is 8.58. The Morgan fingerprint density at radius 3 is 1.82 bits per heavy atom. The zero-order valence-corrected chi connectivity index (χ0v) is 16.3. The Hall–Kier alpha value is 0.830. The molecule has 0 aliphatic rings. The number of hydrogen-bond acceptors (Lipinski definition) is 1. The van der Waals surface area contributed by atoms with E-state index >= 15 is 0 Å². The van der Waals surface area contributed by atoms with Gasteiger partial charge in [0.25, 0.3) is 0 Å². The summed E-state index contributed by atoms with van der Waals surface area (Å²) in [7, 11) is 4.50. The van der Waals surface area contributed by atoms with Crippen molar-refractivity contribution in [1.82, 2.24) is 4.90 Å². The Bertz CT molecular complexity index is 153. The van der Waals surface area contributed by atoms with E-state index in [4.69, 9.17) is 0 Å². The van der Waals surface area contributed by atoms with Crippen LogP contribution in [0.4, 0.5) is 0 Å². The van der Waals surface area contributed by atoms with Gasteiger partial charge in [0.1, 0.15) is 0 Å². The molecule has 0 N–H and O–H groups in total. The van der Waals surface area contributed by atoms with Crippen molar-refractivity contribution in [3.05, 3.63) is 0 Å². The Labute approximate surface area is 118 Å². The van der Waals surface area contributed by atoms with Gasteiger partial charge >= 0.3 is 118 Å². The van der Waals surface area contributed by atoms with Crippen LogP contribution >= 0.6 is 0 Å². The number of nitrogens with zero attached hydrogens (tertiary/aromatic N) is 1. The first-order valence-electron chi connectivity index (χ1n) is 7.82. The molecule has 0 aromatic carbocycles. The molecule has 0 fully saturated rings. The van der Waals surface area contributed by atoms with Crippen molar-refractivity contribution < 1.29 is 0 Å². The third-order valence-electron chi connectivity index (χ3n) is 3.90. The van der Waals surface area contributed by atoms with Crippen LogP contribution in [0.5, 0.6) is 0 Å². The average Bonchev–Trinajstić information content (AvgIpc) is 2.28. The molecule has 1 atom stereocenters. The first-order valence-corrected chi connectivity index (χ1v) is 14.8. The zero-order valence-electron chi connectivity index (χ0n) is 13.0. The molecule has 0 amide bonds. The molecule has 0 bridgehead atoms. The summed E-state index contributed by atoms with van der Waals surface area (Å²) in [6, 6.07) is 0.843. The third kappa shape index (κ3) is 9.41. The van der Waals surface area contributed by atoms with Crippen LogP contribution in [0.1, 0.15) is 59.3 Å². The van der Waals surface area contributed by atoms with Gasteiger partial charge in [0.15, 0.2) is 0 Å². The Kier molecular flexibility index (Phi) is 12.5. The van der Waals surface area contributed by atoms with Crippen LogP contribution in [-0.2, 0) is 0 Å². The number of hydrogen-bond donors (Lipinski definition) is 0. The Morgan fingerprint density at radius 2 is 1.41 bits per heavy atom. The first-order chi connectivity index (χ1) is 8.15. The van der Waals surface area contributed by atoms with E-state index in [9.17, 15) is 0 Å². The first kappa shape index (κ1) is 17.8. The van der Waals surface area contributed by atoms with E-state index in [0.29, 0.717) is 0 Å². The summed E-state index contributed by atoms with van der Waals surface area (Å²) >= 11 is -1.06. The van der Waals surface area contributed by atoms with E-state index < -0.39 is 21.4 Å². The van der Waals surface area contributed by atoms with Gasteiger partial charge in [-0.15, -0.1) is 0 Å². The average molecular weight is 343 g/mol. The monoisotopic (exact) mass is 343 g/mol. The van der Waals surface area contributed by atoms with Gasteiger partial charge in [-0.2, -0.15) is 0 Å². The molecule has 0 aromatic rings. The maximum absolute atomic E-state index is 2.44. The molecule has 0 aliphatic heterocycles. The van der Waals surface area contributed by atoms with Crippen LogP contribution in [0.3, 0.4) is 0 Å². The maximum atomic E-state index is 2.44. The minimum absolute atomic E-state index is 0.843. The van der Waals surface area contributed by atoms with Gasteiger partial charge in [0.05, 0.1) is 0 Å². The molecule has 1 unspecified atom stereocenters. The fraction of sp³-hybridized carbons (Fsp3) is 1.00. The molecule has 0 saturated heterocycles. The molecule has 1 nitrogen and oxygen atoms in total. The Morgan fingerprint density at radius 1 is 0.824 bits per heavy atom. The van der Waals surface area contributed by atoms with Crippen molar-refractivity contribution >= 4 is 21.4 Å². The van der Waals surface area contributed by atoms with Crippen molar-refractivity contribution in [1.29, 1.82) is 0 Å². The molecular formula is C15H34InN. The van der Waals surface area contributed by atoms with Gasteiger partial charge < -0.3 is 0 Å². The second kappa shape index (κ2) is 11.9. The van der Waals surface area contributed by atoms with Crippen LogP contribution in [0.2, 0.25) is 12.5 Å². The predicted molar refractivity (Wildman–Crippen MR) is 82.4 cm³/mol. The standard InChI is InChI=1S/C9H20N.2C3H7.In/c1-5-7-9(8-6-2)10(3)4;2*1-3-2;/h9H,1,5-8H2,2-4H3;2*1,3H2,2H3;. The normalized spacial score (nSPS) is 13.1. The van der Waals surface area contributed by atoms with E-state index in [1.165, 1.54) is 38.5 Å². The predicted octanol–water partition coefficient (Wildman–Crippen LogP) is 4.81. The summed E-state index contributed by atoms with van der Waals surface area (Å²) in [4.78, 5) is 2.44. The molecule has 0 aliphatic carbocycles. The molecule has 0 radical (unpaired) electrons. The molecule has 2 heteroatoms. The van der Waals surface area contributed by atoms with Gasteiger partial charge in [-0.25, -0.2) is 0 Å². The zero-order chi connectivity index (χ0) is 13.1.